The molecule has 55 heavy (non-hydrogen) atoms. The van der Waals surface area contributed by atoms with Crippen LogP contribution in [0.5, 0.6) is 0 Å². The summed E-state index contributed by atoms with van der Waals surface area (Å²) in [5, 5.41) is 33.1. The molecule has 0 spiro atoms. The Balaban J connectivity index is 3.48. The number of nitrogens with one attached hydrogen (secondary N) is 1. The number of rotatable bonds is 44. The van der Waals surface area contributed by atoms with E-state index in [-0.39, 0.29) is 18.9 Å². The van der Waals surface area contributed by atoms with Gasteiger partial charge in [-0.1, -0.05) is 243 Å². The van der Waals surface area contributed by atoms with Gasteiger partial charge in [-0.3, -0.25) is 4.79 Å². The van der Waals surface area contributed by atoms with E-state index in [9.17, 15) is 20.1 Å². The third-order valence-corrected chi connectivity index (χ3v) is 11.2. The highest BCUT2D eigenvalue weighted by molar-refractivity contribution is 5.76. The molecule has 3 atom stereocenters. The monoisotopic (exact) mass is 774 g/mol. The number of allylic oxidation sites excluding steroid dienone is 5. The number of aliphatic hydroxyl groups excluding tert-OH is 3. The maximum Gasteiger partial charge on any atom is 0.222 e. The molecule has 1 amide bonds. The third kappa shape index (κ3) is 42.0. The van der Waals surface area contributed by atoms with Crippen LogP contribution in [0, 0.1) is 0 Å². The van der Waals surface area contributed by atoms with Crippen LogP contribution in [0.4, 0.5) is 0 Å². The van der Waals surface area contributed by atoms with E-state index >= 15 is 0 Å². The summed E-state index contributed by atoms with van der Waals surface area (Å²) in [7, 11) is 0. The lowest BCUT2D eigenvalue weighted by molar-refractivity contribution is -0.124. The van der Waals surface area contributed by atoms with Crippen molar-refractivity contribution in [2.75, 3.05) is 6.61 Å². The Hall–Kier alpha value is -1.43. The van der Waals surface area contributed by atoms with Crippen molar-refractivity contribution in [2.45, 2.75) is 270 Å². The van der Waals surface area contributed by atoms with Crippen molar-refractivity contribution in [1.82, 2.24) is 5.32 Å². The fraction of sp³-hybridized carbons (Fsp3) is 0.860. The van der Waals surface area contributed by atoms with Crippen LogP contribution in [0.15, 0.2) is 36.5 Å². The van der Waals surface area contributed by atoms with Gasteiger partial charge in [-0.2, -0.15) is 0 Å². The summed E-state index contributed by atoms with van der Waals surface area (Å²) in [6.45, 7) is 4.08. The van der Waals surface area contributed by atoms with Gasteiger partial charge in [0, 0.05) is 0 Å². The zero-order chi connectivity index (χ0) is 40.1. The molecule has 0 heterocycles. The van der Waals surface area contributed by atoms with Gasteiger partial charge in [0.05, 0.1) is 31.3 Å². The summed E-state index contributed by atoms with van der Waals surface area (Å²) in [5.41, 5.74) is 0. The van der Waals surface area contributed by atoms with Gasteiger partial charge in [0.1, 0.15) is 0 Å². The second kappa shape index (κ2) is 45.3. The van der Waals surface area contributed by atoms with E-state index in [0.717, 1.165) is 44.9 Å². The topological polar surface area (TPSA) is 89.8 Å². The summed E-state index contributed by atoms with van der Waals surface area (Å²) in [5.74, 6) is -0.329. The molecule has 0 aromatic rings. The Morgan fingerprint density at radius 1 is 0.473 bits per heavy atom. The van der Waals surface area contributed by atoms with Gasteiger partial charge in [-0.15, -0.1) is 0 Å². The van der Waals surface area contributed by atoms with Gasteiger partial charge in [-0.05, 0) is 38.5 Å². The number of carbonyl (C=O) groups is 1. The van der Waals surface area contributed by atoms with E-state index in [2.05, 4.69) is 43.5 Å². The predicted octanol–water partition coefficient (Wildman–Crippen LogP) is 14.3. The molecule has 3 unspecified atom stereocenters. The van der Waals surface area contributed by atoms with Crippen molar-refractivity contribution in [1.29, 1.82) is 0 Å². The Labute approximate surface area is 343 Å². The number of hydrogen-bond donors (Lipinski definition) is 4. The van der Waals surface area contributed by atoms with Crippen molar-refractivity contribution in [3.8, 4) is 0 Å². The molecule has 0 fully saturated rings. The molecule has 0 aliphatic carbocycles. The van der Waals surface area contributed by atoms with Gasteiger partial charge < -0.3 is 20.6 Å². The molecule has 4 N–H and O–H groups in total. The third-order valence-electron chi connectivity index (χ3n) is 11.2. The van der Waals surface area contributed by atoms with Crippen LogP contribution in [0.3, 0.4) is 0 Å². The molecule has 5 nitrogen and oxygen atoms in total. The lowest BCUT2D eigenvalue weighted by atomic mass is 10.0. The Morgan fingerprint density at radius 3 is 1.15 bits per heavy atom. The van der Waals surface area contributed by atoms with Crippen molar-refractivity contribution in [2.24, 2.45) is 0 Å². The number of unbranched alkanes of at least 4 members (excludes halogenated alkanes) is 31. The smallest absolute Gasteiger partial charge is 0.222 e. The average Bonchev–Trinajstić information content (AvgIpc) is 3.18. The molecule has 0 rings (SSSR count). The highest BCUT2D eigenvalue weighted by Gasteiger charge is 2.20. The van der Waals surface area contributed by atoms with Gasteiger partial charge in [0.2, 0.25) is 5.91 Å². The quantitative estimate of drug-likeness (QED) is 0.0367. The maximum atomic E-state index is 12.4. The number of carbonyl (C=O) groups excluding carboxylic acids is 1. The largest absolute Gasteiger partial charge is 0.394 e. The predicted molar refractivity (Wildman–Crippen MR) is 241 cm³/mol. The van der Waals surface area contributed by atoms with Crippen LogP contribution in [0.25, 0.3) is 0 Å². The van der Waals surface area contributed by atoms with Crippen LogP contribution in [0.2, 0.25) is 0 Å². The first kappa shape index (κ1) is 53.6. The molecule has 0 saturated carbocycles. The fourth-order valence-corrected chi connectivity index (χ4v) is 7.50. The summed E-state index contributed by atoms with van der Waals surface area (Å²) < 4.78 is 0. The Bertz CT molecular complexity index is 855. The van der Waals surface area contributed by atoms with Crippen molar-refractivity contribution >= 4 is 5.91 Å². The standard InChI is InChI=1S/C50H95NO4/c1-3-5-7-9-11-13-15-16-17-18-19-20-21-22-23-24-25-26-27-28-29-30-31-32-33-34-35-37-39-41-43-47(53)45-50(55)51-48(46-52)49(54)44-42-40-38-36-14-12-10-8-6-4-2/h6,8,14,36,42,44,47-49,52-54H,3-5,7,9-13,15-35,37-41,43,45-46H2,1-2H3,(H,51,55)/b8-6+,36-14+,44-42+. The molecule has 0 aromatic heterocycles. The molecule has 324 valence electrons. The van der Waals surface area contributed by atoms with E-state index in [1.54, 1.807) is 6.08 Å². The van der Waals surface area contributed by atoms with Gasteiger partial charge in [-0.25, -0.2) is 0 Å². The van der Waals surface area contributed by atoms with Crippen LogP contribution < -0.4 is 5.32 Å². The molecular weight excluding hydrogens is 679 g/mol. The minimum absolute atomic E-state index is 0.00470. The molecule has 5 heteroatoms. The first-order chi connectivity index (χ1) is 27.0. The lowest BCUT2D eigenvalue weighted by Gasteiger charge is -2.21. The molecule has 0 aromatic carbocycles. The molecule has 0 saturated heterocycles. The zero-order valence-corrected chi connectivity index (χ0v) is 36.8. The first-order valence-electron chi connectivity index (χ1n) is 24.3. The fourth-order valence-electron chi connectivity index (χ4n) is 7.50. The summed E-state index contributed by atoms with van der Waals surface area (Å²) in [6.07, 6.45) is 57.7. The van der Waals surface area contributed by atoms with E-state index in [1.807, 2.05) is 6.08 Å². The van der Waals surface area contributed by atoms with Crippen LogP contribution in [-0.2, 0) is 4.79 Å². The SMILES string of the molecule is CC/C=C/CC/C=C/CC/C=C/C(O)C(CO)NC(=O)CC(O)CCCCCCCCCCCCCCCCCCCCCCCCCCCCCCCC. The number of amides is 1. The minimum Gasteiger partial charge on any atom is -0.394 e. The zero-order valence-electron chi connectivity index (χ0n) is 36.8. The van der Waals surface area contributed by atoms with Crippen molar-refractivity contribution in [3.63, 3.8) is 0 Å². The summed E-state index contributed by atoms with van der Waals surface area (Å²) in [4.78, 5) is 12.4. The second-order valence-electron chi connectivity index (χ2n) is 16.7. The normalized spacial score (nSPS) is 13.8. The maximum absolute atomic E-state index is 12.4. The first-order valence-corrected chi connectivity index (χ1v) is 24.3. The van der Waals surface area contributed by atoms with Gasteiger partial charge in [0.15, 0.2) is 0 Å². The van der Waals surface area contributed by atoms with Gasteiger partial charge >= 0.3 is 0 Å². The average molecular weight is 774 g/mol. The van der Waals surface area contributed by atoms with Crippen molar-refractivity contribution in [3.05, 3.63) is 36.5 Å². The van der Waals surface area contributed by atoms with Crippen molar-refractivity contribution < 1.29 is 20.1 Å². The Morgan fingerprint density at radius 2 is 0.800 bits per heavy atom. The summed E-state index contributed by atoms with van der Waals surface area (Å²) >= 11 is 0. The highest BCUT2D eigenvalue weighted by atomic mass is 16.3. The highest BCUT2D eigenvalue weighted by Crippen LogP contribution is 2.17. The van der Waals surface area contributed by atoms with E-state index in [0.29, 0.717) is 6.42 Å². The van der Waals surface area contributed by atoms with Crippen LogP contribution in [0.1, 0.15) is 251 Å². The van der Waals surface area contributed by atoms with Gasteiger partial charge in [0.25, 0.3) is 0 Å². The number of aliphatic hydroxyl groups is 3. The van der Waals surface area contributed by atoms with Crippen LogP contribution in [-0.4, -0.2) is 46.1 Å². The molecule has 0 aliphatic heterocycles. The van der Waals surface area contributed by atoms with E-state index in [1.165, 1.54) is 180 Å². The van der Waals surface area contributed by atoms with E-state index in [4.69, 9.17) is 0 Å². The number of hydrogen-bond acceptors (Lipinski definition) is 4. The van der Waals surface area contributed by atoms with Crippen LogP contribution >= 0.6 is 0 Å². The lowest BCUT2D eigenvalue weighted by Crippen LogP contribution is -2.45. The Kier molecular flexibility index (Phi) is 44.1. The molecular formula is C50H95NO4. The molecule has 0 bridgehead atoms. The summed E-state index contributed by atoms with van der Waals surface area (Å²) in [6, 6.07) is -0.764. The molecule has 0 aliphatic rings. The minimum atomic E-state index is -0.956. The van der Waals surface area contributed by atoms with E-state index < -0.39 is 18.2 Å². The second-order valence-corrected chi connectivity index (χ2v) is 16.7. The molecule has 0 radical (unpaired) electrons.